The zero-order valence-corrected chi connectivity index (χ0v) is 18.6. The Morgan fingerprint density at radius 2 is 1.63 bits per heavy atom. The van der Waals surface area contributed by atoms with E-state index in [0.29, 0.717) is 19.4 Å². The standard InChI is InChI=1S/C19H38N6O5/c1-5-6-7-8-9-10-13-21-16(26)15(23-18(27)30-19(2,3)4)12-11-14-22-17(20)24-25(28)29/h15H,5-14H2,1-4H3,(H,21,26)(H,23,27)(H3,20,22,24). The Labute approximate surface area is 178 Å². The molecule has 0 aliphatic heterocycles. The monoisotopic (exact) mass is 430 g/mol. The summed E-state index contributed by atoms with van der Waals surface area (Å²) in [6.45, 7) is 8.13. The van der Waals surface area contributed by atoms with Crippen LogP contribution in [0.2, 0.25) is 0 Å². The predicted molar refractivity (Wildman–Crippen MR) is 115 cm³/mol. The summed E-state index contributed by atoms with van der Waals surface area (Å²) in [5.41, 5.74) is 1.00. The average Bonchev–Trinajstić information content (AvgIpc) is 2.61. The fraction of sp³-hybridized carbons (Fsp3) is 0.842. The van der Waals surface area contributed by atoms with Crippen molar-refractivity contribution in [1.29, 1.82) is 5.41 Å². The average molecular weight is 431 g/mol. The number of amides is 2. The molecule has 0 saturated carbocycles. The van der Waals surface area contributed by atoms with Crippen molar-refractivity contribution in [3.63, 3.8) is 0 Å². The van der Waals surface area contributed by atoms with E-state index in [0.717, 1.165) is 19.3 Å². The molecule has 0 rings (SSSR count). The van der Waals surface area contributed by atoms with Crippen LogP contribution in [0.3, 0.4) is 0 Å². The Hall–Kier alpha value is -2.59. The van der Waals surface area contributed by atoms with Gasteiger partial charge in [-0.15, -0.1) is 0 Å². The van der Waals surface area contributed by atoms with Gasteiger partial charge in [-0.3, -0.25) is 10.2 Å². The van der Waals surface area contributed by atoms with Gasteiger partial charge in [0.15, 0.2) is 5.03 Å². The van der Waals surface area contributed by atoms with Crippen LogP contribution in [0, 0.1) is 15.5 Å². The number of nitrogens with one attached hydrogen (secondary N) is 5. The van der Waals surface area contributed by atoms with Crippen molar-refractivity contribution in [2.24, 2.45) is 0 Å². The molecule has 0 heterocycles. The minimum atomic E-state index is -0.835. The SMILES string of the molecule is CCCCCCCCNC(=O)C(CCCNC(=N)N[N+](=O)[O-])NC(=O)OC(C)(C)C. The van der Waals surface area contributed by atoms with Crippen LogP contribution in [0.5, 0.6) is 0 Å². The van der Waals surface area contributed by atoms with Gasteiger partial charge in [-0.25, -0.2) is 14.9 Å². The molecule has 0 aliphatic carbocycles. The summed E-state index contributed by atoms with van der Waals surface area (Å²) in [7, 11) is 0. The topological polar surface area (TPSA) is 158 Å². The Balaban J connectivity index is 4.48. The molecule has 0 radical (unpaired) electrons. The molecular formula is C19H38N6O5. The smallest absolute Gasteiger partial charge is 0.408 e. The van der Waals surface area contributed by atoms with Gasteiger partial charge in [0.25, 0.3) is 5.96 Å². The highest BCUT2D eigenvalue weighted by Gasteiger charge is 2.24. The van der Waals surface area contributed by atoms with Crippen LogP contribution in [0.15, 0.2) is 0 Å². The molecule has 0 fully saturated rings. The van der Waals surface area contributed by atoms with Crippen LogP contribution in [0.4, 0.5) is 4.79 Å². The summed E-state index contributed by atoms with van der Waals surface area (Å²) in [5.74, 6) is -0.739. The highest BCUT2D eigenvalue weighted by atomic mass is 16.7. The van der Waals surface area contributed by atoms with Crippen LogP contribution in [-0.4, -0.2) is 47.7 Å². The fourth-order valence-corrected chi connectivity index (χ4v) is 2.61. The van der Waals surface area contributed by atoms with Gasteiger partial charge in [-0.2, -0.15) is 0 Å². The van der Waals surface area contributed by atoms with Gasteiger partial charge in [0, 0.05) is 13.1 Å². The maximum absolute atomic E-state index is 12.5. The normalized spacial score (nSPS) is 11.9. The first-order valence-electron chi connectivity index (χ1n) is 10.6. The van der Waals surface area contributed by atoms with E-state index in [1.165, 1.54) is 19.3 Å². The summed E-state index contributed by atoms with van der Waals surface area (Å²) >= 11 is 0. The fourth-order valence-electron chi connectivity index (χ4n) is 2.61. The van der Waals surface area contributed by atoms with Gasteiger partial charge >= 0.3 is 6.09 Å². The van der Waals surface area contributed by atoms with E-state index in [1.54, 1.807) is 26.2 Å². The highest BCUT2D eigenvalue weighted by Crippen LogP contribution is 2.08. The Morgan fingerprint density at radius 1 is 1.03 bits per heavy atom. The molecule has 0 aliphatic rings. The molecule has 174 valence electrons. The lowest BCUT2D eigenvalue weighted by Gasteiger charge is -2.23. The maximum Gasteiger partial charge on any atom is 0.408 e. The lowest BCUT2D eigenvalue weighted by atomic mass is 10.1. The molecule has 0 aromatic carbocycles. The van der Waals surface area contributed by atoms with Gasteiger partial charge in [0.1, 0.15) is 11.6 Å². The number of alkyl carbamates (subject to hydrolysis) is 1. The molecule has 11 heteroatoms. The van der Waals surface area contributed by atoms with Gasteiger partial charge in [-0.1, -0.05) is 44.5 Å². The predicted octanol–water partition coefficient (Wildman–Crippen LogP) is 2.44. The third-order valence-electron chi connectivity index (χ3n) is 4.01. The Bertz CT molecular complexity index is 550. The van der Waals surface area contributed by atoms with Crippen molar-refractivity contribution < 1.29 is 19.4 Å². The summed E-state index contributed by atoms with van der Waals surface area (Å²) < 4.78 is 5.22. The third-order valence-corrected chi connectivity index (χ3v) is 4.01. The molecule has 1 atom stereocenters. The highest BCUT2D eigenvalue weighted by molar-refractivity contribution is 5.85. The van der Waals surface area contributed by atoms with Crippen LogP contribution < -0.4 is 21.4 Å². The lowest BCUT2D eigenvalue weighted by Crippen LogP contribution is -2.48. The number of hydrogen-bond donors (Lipinski definition) is 5. The number of unbranched alkanes of at least 4 members (excludes halogenated alkanes) is 5. The van der Waals surface area contributed by atoms with Crippen LogP contribution in [0.1, 0.15) is 79.1 Å². The van der Waals surface area contributed by atoms with E-state index in [4.69, 9.17) is 10.1 Å². The summed E-state index contributed by atoms with van der Waals surface area (Å²) in [4.78, 5) is 34.8. The zero-order chi connectivity index (χ0) is 23.0. The number of rotatable bonds is 14. The van der Waals surface area contributed by atoms with E-state index in [2.05, 4.69) is 22.9 Å². The molecule has 0 aromatic rings. The Kier molecular flexibility index (Phi) is 14.0. The number of nitrogens with zero attached hydrogens (tertiary/aromatic N) is 1. The third kappa shape index (κ3) is 16.4. The van der Waals surface area contributed by atoms with Crippen molar-refractivity contribution in [1.82, 2.24) is 21.4 Å². The maximum atomic E-state index is 12.5. The summed E-state index contributed by atoms with van der Waals surface area (Å²) in [6.07, 6.45) is 6.67. The molecule has 11 nitrogen and oxygen atoms in total. The van der Waals surface area contributed by atoms with E-state index in [-0.39, 0.29) is 12.5 Å². The van der Waals surface area contributed by atoms with E-state index in [1.807, 2.05) is 0 Å². The second-order valence-electron chi connectivity index (χ2n) is 8.07. The second kappa shape index (κ2) is 15.3. The lowest BCUT2D eigenvalue weighted by molar-refractivity contribution is -0.525. The van der Waals surface area contributed by atoms with Gasteiger partial charge < -0.3 is 20.7 Å². The first-order chi connectivity index (χ1) is 14.0. The molecule has 2 amide bonds. The molecule has 0 spiro atoms. The molecular weight excluding hydrogens is 392 g/mol. The minimum absolute atomic E-state index is 0.233. The van der Waals surface area contributed by atoms with Crippen LogP contribution in [0.25, 0.3) is 0 Å². The van der Waals surface area contributed by atoms with Crippen molar-refractivity contribution in [3.8, 4) is 0 Å². The molecule has 0 aromatic heterocycles. The number of ether oxygens (including phenoxy) is 1. The van der Waals surface area contributed by atoms with Crippen molar-refractivity contribution >= 4 is 18.0 Å². The van der Waals surface area contributed by atoms with Gasteiger partial charge in [-0.05, 0) is 40.0 Å². The quantitative estimate of drug-likeness (QED) is 0.0930. The van der Waals surface area contributed by atoms with Crippen molar-refractivity contribution in [2.75, 3.05) is 13.1 Å². The van der Waals surface area contributed by atoms with E-state index in [9.17, 15) is 19.7 Å². The Morgan fingerprint density at radius 3 is 2.23 bits per heavy atom. The number of carbonyl (C=O) groups excluding carboxylic acids is 2. The number of carbonyl (C=O) groups is 2. The number of hydrazine groups is 1. The van der Waals surface area contributed by atoms with Crippen molar-refractivity contribution in [2.45, 2.75) is 90.7 Å². The zero-order valence-electron chi connectivity index (χ0n) is 18.6. The molecule has 5 N–H and O–H groups in total. The first-order valence-corrected chi connectivity index (χ1v) is 10.6. The number of hydrogen-bond acceptors (Lipinski definition) is 6. The summed E-state index contributed by atoms with van der Waals surface area (Å²) in [5, 5.41) is 24.7. The van der Waals surface area contributed by atoms with Crippen molar-refractivity contribution in [3.05, 3.63) is 10.1 Å². The summed E-state index contributed by atoms with van der Waals surface area (Å²) in [6, 6.07) is -0.792. The molecule has 0 saturated heterocycles. The van der Waals surface area contributed by atoms with Crippen LogP contribution in [-0.2, 0) is 9.53 Å². The number of guanidine groups is 1. The first kappa shape index (κ1) is 27.4. The minimum Gasteiger partial charge on any atom is -0.444 e. The largest absolute Gasteiger partial charge is 0.444 e. The van der Waals surface area contributed by atoms with Gasteiger partial charge in [0.2, 0.25) is 5.91 Å². The number of nitro groups is 1. The van der Waals surface area contributed by atoms with Crippen LogP contribution >= 0.6 is 0 Å². The van der Waals surface area contributed by atoms with E-state index >= 15 is 0 Å². The second-order valence-corrected chi connectivity index (χ2v) is 8.07. The van der Waals surface area contributed by atoms with E-state index < -0.39 is 28.7 Å². The molecule has 0 bridgehead atoms. The van der Waals surface area contributed by atoms with Gasteiger partial charge in [0.05, 0.1) is 0 Å². The molecule has 30 heavy (non-hydrogen) atoms. The molecule has 1 unspecified atom stereocenters.